The lowest BCUT2D eigenvalue weighted by molar-refractivity contribution is -0.139. The van der Waals surface area contributed by atoms with Gasteiger partial charge >= 0.3 is 0 Å². The van der Waals surface area contributed by atoms with E-state index in [9.17, 15) is 14.7 Å². The Hall–Kier alpha value is -2.61. The number of hydrogen-bond acceptors (Lipinski definition) is 5. The number of aliphatic hydroxyl groups excluding tert-OH is 1. The molecule has 2 atom stereocenters. The van der Waals surface area contributed by atoms with Crippen LogP contribution in [0.3, 0.4) is 0 Å². The zero-order chi connectivity index (χ0) is 22.1. The molecular formula is C22H26ClN3O4. The number of aliphatic hydroxyl groups is 1. The summed E-state index contributed by atoms with van der Waals surface area (Å²) < 4.78 is 5.59. The van der Waals surface area contributed by atoms with Crippen molar-refractivity contribution in [2.45, 2.75) is 18.5 Å². The second-order valence-electron chi connectivity index (χ2n) is 7.38. The number of anilines is 1. The van der Waals surface area contributed by atoms with Crippen LogP contribution in [0.25, 0.3) is 0 Å². The fourth-order valence-electron chi connectivity index (χ4n) is 4.18. The number of likely N-dealkylation sites (N-methyl/N-ethyl adjacent to an activating group) is 1. The van der Waals surface area contributed by atoms with E-state index in [1.165, 1.54) is 12.0 Å². The zero-order valence-electron chi connectivity index (χ0n) is 17.5. The average Bonchev–Trinajstić information content (AvgIpc) is 3.02. The Bertz CT molecular complexity index is 965. The first-order valence-electron chi connectivity index (χ1n) is 9.62. The molecule has 0 aliphatic carbocycles. The third-order valence-electron chi connectivity index (χ3n) is 5.48. The first-order valence-corrected chi connectivity index (χ1v) is 10.0. The van der Waals surface area contributed by atoms with E-state index in [-0.39, 0.29) is 25.0 Å². The first kappa shape index (κ1) is 22.1. The lowest BCUT2D eigenvalue weighted by Gasteiger charge is -2.43. The van der Waals surface area contributed by atoms with E-state index in [1.807, 2.05) is 12.1 Å². The van der Waals surface area contributed by atoms with Gasteiger partial charge in [-0.1, -0.05) is 29.8 Å². The number of hydrogen-bond donors (Lipinski definition) is 2. The molecule has 0 aromatic heterocycles. The van der Waals surface area contributed by atoms with Gasteiger partial charge in [0.15, 0.2) is 5.54 Å². The van der Waals surface area contributed by atoms with Crippen molar-refractivity contribution in [2.24, 2.45) is 0 Å². The van der Waals surface area contributed by atoms with Gasteiger partial charge in [0, 0.05) is 42.5 Å². The molecule has 0 saturated heterocycles. The van der Waals surface area contributed by atoms with Gasteiger partial charge in [0.05, 0.1) is 19.8 Å². The summed E-state index contributed by atoms with van der Waals surface area (Å²) in [5.74, 6) is -0.0370. The molecule has 1 aliphatic heterocycles. The first-order chi connectivity index (χ1) is 14.3. The van der Waals surface area contributed by atoms with Crippen molar-refractivity contribution in [3.05, 3.63) is 58.6 Å². The molecule has 1 aliphatic rings. The lowest BCUT2D eigenvalue weighted by atomic mass is 9.80. The Balaban J connectivity index is 2.38. The van der Waals surface area contributed by atoms with E-state index in [0.29, 0.717) is 27.6 Å². The molecule has 0 spiro atoms. The number of nitrogens with one attached hydrogen (secondary N) is 1. The maximum absolute atomic E-state index is 13.7. The molecule has 0 saturated carbocycles. The summed E-state index contributed by atoms with van der Waals surface area (Å²) in [4.78, 5) is 29.8. The molecule has 7 nitrogen and oxygen atoms in total. The van der Waals surface area contributed by atoms with Crippen LogP contribution in [-0.4, -0.2) is 67.1 Å². The van der Waals surface area contributed by atoms with Crippen LogP contribution in [0.5, 0.6) is 5.75 Å². The van der Waals surface area contributed by atoms with Gasteiger partial charge in [-0.25, -0.2) is 0 Å². The molecule has 1 unspecified atom stereocenters. The molecule has 2 aromatic rings. The second-order valence-corrected chi connectivity index (χ2v) is 7.82. The van der Waals surface area contributed by atoms with Gasteiger partial charge in [0.2, 0.25) is 5.91 Å². The standard InChI is InChI=1S/C22H26ClN3O4/c1-14(20(28)25(2)3)26(11-12-27)22(16-7-5-6-8-19(16)30-4)17-13-15(23)9-10-18(17)24-21(22)29/h5-10,13-14,27H,11-12H2,1-4H3,(H,24,29)/t14-,22?/m0/s1. The van der Waals surface area contributed by atoms with Gasteiger partial charge < -0.3 is 20.1 Å². The van der Waals surface area contributed by atoms with E-state index in [0.717, 1.165) is 0 Å². The van der Waals surface area contributed by atoms with Crippen LogP contribution < -0.4 is 10.1 Å². The molecule has 0 fully saturated rings. The van der Waals surface area contributed by atoms with Crippen LogP contribution in [0.15, 0.2) is 42.5 Å². The van der Waals surface area contributed by atoms with Crippen LogP contribution >= 0.6 is 11.6 Å². The molecule has 3 rings (SSSR count). The summed E-state index contributed by atoms with van der Waals surface area (Å²) in [6.07, 6.45) is 0. The Morgan fingerprint density at radius 3 is 2.57 bits per heavy atom. The number of fused-ring (bicyclic) bond motifs is 1. The van der Waals surface area contributed by atoms with E-state index in [1.54, 1.807) is 56.3 Å². The summed E-state index contributed by atoms with van der Waals surface area (Å²) in [7, 11) is 4.85. The van der Waals surface area contributed by atoms with Crippen LogP contribution in [0.2, 0.25) is 5.02 Å². The third-order valence-corrected chi connectivity index (χ3v) is 5.72. The highest BCUT2D eigenvalue weighted by molar-refractivity contribution is 6.31. The van der Waals surface area contributed by atoms with Crippen LogP contribution in [-0.2, 0) is 15.1 Å². The van der Waals surface area contributed by atoms with Crippen molar-refractivity contribution < 1.29 is 19.4 Å². The maximum atomic E-state index is 13.7. The predicted molar refractivity (Wildman–Crippen MR) is 116 cm³/mol. The van der Waals surface area contributed by atoms with Crippen molar-refractivity contribution in [3.63, 3.8) is 0 Å². The number of rotatable bonds is 7. The topological polar surface area (TPSA) is 82.1 Å². The van der Waals surface area contributed by atoms with Gasteiger partial charge in [-0.15, -0.1) is 0 Å². The van der Waals surface area contributed by atoms with Crippen molar-refractivity contribution in [1.29, 1.82) is 0 Å². The number of para-hydroxylation sites is 1. The number of halogens is 1. The average molecular weight is 432 g/mol. The smallest absolute Gasteiger partial charge is 0.254 e. The van der Waals surface area contributed by atoms with Crippen LogP contribution in [0, 0.1) is 0 Å². The quantitative estimate of drug-likeness (QED) is 0.703. The number of benzene rings is 2. The van der Waals surface area contributed by atoms with Crippen molar-refractivity contribution in [3.8, 4) is 5.75 Å². The molecule has 30 heavy (non-hydrogen) atoms. The highest BCUT2D eigenvalue weighted by atomic mass is 35.5. The Morgan fingerprint density at radius 2 is 1.93 bits per heavy atom. The Morgan fingerprint density at radius 1 is 1.23 bits per heavy atom. The molecule has 160 valence electrons. The van der Waals surface area contributed by atoms with Gasteiger partial charge in [0.1, 0.15) is 5.75 Å². The SMILES string of the molecule is COc1ccccc1C1(N(CCO)[C@@H](C)C(=O)N(C)C)C(=O)Nc2ccc(Cl)cc21. The van der Waals surface area contributed by atoms with E-state index >= 15 is 0 Å². The molecule has 1 heterocycles. The van der Waals surface area contributed by atoms with Crippen molar-refractivity contribution in [1.82, 2.24) is 9.80 Å². The normalized spacial score (nSPS) is 18.7. The highest BCUT2D eigenvalue weighted by Crippen LogP contribution is 2.49. The molecule has 2 N–H and O–H groups in total. The number of carbonyl (C=O) groups is 2. The molecule has 2 amide bonds. The monoisotopic (exact) mass is 431 g/mol. The lowest BCUT2D eigenvalue weighted by Crippen LogP contribution is -2.59. The van der Waals surface area contributed by atoms with Crippen LogP contribution in [0.4, 0.5) is 5.69 Å². The second kappa shape index (κ2) is 8.63. The Labute approximate surface area is 181 Å². The fraction of sp³-hybridized carbons (Fsp3) is 0.364. The minimum Gasteiger partial charge on any atom is -0.496 e. The third kappa shape index (κ3) is 3.43. The zero-order valence-corrected chi connectivity index (χ0v) is 18.2. The molecule has 2 aromatic carbocycles. The minimum atomic E-state index is -1.42. The van der Waals surface area contributed by atoms with Gasteiger partial charge in [-0.2, -0.15) is 0 Å². The number of amides is 2. The highest BCUT2D eigenvalue weighted by Gasteiger charge is 2.56. The fourth-order valence-corrected chi connectivity index (χ4v) is 4.35. The maximum Gasteiger partial charge on any atom is 0.254 e. The van der Waals surface area contributed by atoms with E-state index in [2.05, 4.69) is 5.32 Å². The van der Waals surface area contributed by atoms with Gasteiger partial charge in [0.25, 0.3) is 5.91 Å². The summed E-state index contributed by atoms with van der Waals surface area (Å²) in [5, 5.41) is 13.3. The molecule has 8 heteroatoms. The largest absolute Gasteiger partial charge is 0.496 e. The number of nitrogens with zero attached hydrogens (tertiary/aromatic N) is 2. The molecule has 0 bridgehead atoms. The van der Waals surface area contributed by atoms with E-state index in [4.69, 9.17) is 16.3 Å². The van der Waals surface area contributed by atoms with Crippen molar-refractivity contribution in [2.75, 3.05) is 39.7 Å². The number of carbonyl (C=O) groups excluding carboxylic acids is 2. The van der Waals surface area contributed by atoms with Crippen molar-refractivity contribution >= 4 is 29.1 Å². The predicted octanol–water partition coefficient (Wildman–Crippen LogP) is 2.32. The molecule has 0 radical (unpaired) electrons. The minimum absolute atomic E-state index is 0.0815. The molecular weight excluding hydrogens is 406 g/mol. The summed E-state index contributed by atoms with van der Waals surface area (Å²) >= 11 is 6.32. The van der Waals surface area contributed by atoms with E-state index < -0.39 is 11.6 Å². The Kier molecular flexibility index (Phi) is 6.36. The number of methoxy groups -OCH3 is 1. The summed E-state index contributed by atoms with van der Waals surface area (Å²) in [6.45, 7) is 1.56. The van der Waals surface area contributed by atoms with Gasteiger partial charge in [-0.05, 0) is 31.2 Å². The number of ether oxygens (including phenoxy) is 1. The summed E-state index contributed by atoms with van der Waals surface area (Å²) in [5.41, 5.74) is 0.359. The summed E-state index contributed by atoms with van der Waals surface area (Å²) in [6, 6.07) is 11.6. The van der Waals surface area contributed by atoms with Crippen LogP contribution in [0.1, 0.15) is 18.1 Å². The van der Waals surface area contributed by atoms with Gasteiger partial charge in [-0.3, -0.25) is 14.5 Å².